The first kappa shape index (κ1) is 16.5. The fourth-order valence-corrected chi connectivity index (χ4v) is 2.13. The van der Waals surface area contributed by atoms with Gasteiger partial charge in [-0.05, 0) is 42.8 Å². The lowest BCUT2D eigenvalue weighted by Gasteiger charge is -2.13. The van der Waals surface area contributed by atoms with Crippen LogP contribution < -0.4 is 14.2 Å². The fourth-order valence-electron chi connectivity index (χ4n) is 2.13. The van der Waals surface area contributed by atoms with Crippen LogP contribution in [0.15, 0.2) is 24.3 Å². The third-order valence-corrected chi connectivity index (χ3v) is 3.17. The monoisotopic (exact) mass is 301 g/mol. The molecule has 3 nitrogen and oxygen atoms in total. The van der Waals surface area contributed by atoms with Gasteiger partial charge in [-0.15, -0.1) is 0 Å². The van der Waals surface area contributed by atoms with Gasteiger partial charge in [0.1, 0.15) is 17.2 Å². The van der Waals surface area contributed by atoms with Crippen molar-refractivity contribution in [2.75, 3.05) is 19.8 Å². The van der Waals surface area contributed by atoms with Crippen molar-refractivity contribution in [1.82, 2.24) is 0 Å². The minimum atomic E-state index is 0.687. The molecule has 0 spiro atoms. The highest BCUT2D eigenvalue weighted by Crippen LogP contribution is 2.33. The number of hydrogen-bond acceptors (Lipinski definition) is 3. The van der Waals surface area contributed by atoms with Gasteiger partial charge in [0.15, 0.2) is 0 Å². The van der Waals surface area contributed by atoms with E-state index in [0.717, 1.165) is 53.9 Å². The van der Waals surface area contributed by atoms with E-state index in [1.54, 1.807) is 0 Å². The molecule has 2 aromatic carbocycles. The summed E-state index contributed by atoms with van der Waals surface area (Å²) in [4.78, 5) is 0. The minimum Gasteiger partial charge on any atom is -0.494 e. The largest absolute Gasteiger partial charge is 0.494 e. The van der Waals surface area contributed by atoms with Gasteiger partial charge >= 0.3 is 0 Å². The van der Waals surface area contributed by atoms with Crippen LogP contribution in [0, 0.1) is 6.07 Å². The summed E-state index contributed by atoms with van der Waals surface area (Å²) in [6.07, 6.45) is 2.94. The predicted octanol–water partition coefficient (Wildman–Crippen LogP) is 5.01. The molecule has 0 saturated heterocycles. The molecule has 0 aromatic heterocycles. The molecule has 0 heterocycles. The van der Waals surface area contributed by atoms with Gasteiger partial charge in [0.05, 0.1) is 19.8 Å². The average molecular weight is 301 g/mol. The lowest BCUT2D eigenvalue weighted by Crippen LogP contribution is -2.00. The van der Waals surface area contributed by atoms with Crippen LogP contribution in [0.2, 0.25) is 0 Å². The minimum absolute atomic E-state index is 0.687. The number of fused-ring (bicyclic) bond motifs is 1. The Labute approximate surface area is 133 Å². The van der Waals surface area contributed by atoms with Crippen LogP contribution in [-0.4, -0.2) is 19.8 Å². The van der Waals surface area contributed by atoms with Crippen molar-refractivity contribution in [2.45, 2.75) is 40.0 Å². The van der Waals surface area contributed by atoms with Crippen LogP contribution >= 0.6 is 0 Å². The number of benzene rings is 2. The Bertz CT molecular complexity index is 592. The molecule has 0 amide bonds. The molecule has 119 valence electrons. The van der Waals surface area contributed by atoms with Crippen LogP contribution in [0.4, 0.5) is 0 Å². The topological polar surface area (TPSA) is 27.7 Å². The third kappa shape index (κ3) is 4.30. The predicted molar refractivity (Wildman–Crippen MR) is 90.1 cm³/mol. The third-order valence-electron chi connectivity index (χ3n) is 3.17. The van der Waals surface area contributed by atoms with Crippen molar-refractivity contribution in [2.24, 2.45) is 0 Å². The first-order valence-electron chi connectivity index (χ1n) is 8.17. The van der Waals surface area contributed by atoms with Gasteiger partial charge in [-0.25, -0.2) is 0 Å². The second kappa shape index (κ2) is 8.52. The van der Waals surface area contributed by atoms with E-state index in [1.165, 1.54) is 0 Å². The van der Waals surface area contributed by atoms with Crippen molar-refractivity contribution < 1.29 is 14.2 Å². The van der Waals surface area contributed by atoms with Crippen molar-refractivity contribution in [1.29, 1.82) is 0 Å². The van der Waals surface area contributed by atoms with Crippen molar-refractivity contribution >= 4 is 10.8 Å². The Morgan fingerprint density at radius 3 is 2.23 bits per heavy atom. The fraction of sp³-hybridized carbons (Fsp3) is 0.474. The second-order valence-corrected chi connectivity index (χ2v) is 5.25. The average Bonchev–Trinajstić information content (AvgIpc) is 2.55. The zero-order chi connectivity index (χ0) is 15.8. The van der Waals surface area contributed by atoms with Gasteiger partial charge < -0.3 is 14.2 Å². The second-order valence-electron chi connectivity index (χ2n) is 5.25. The first-order chi connectivity index (χ1) is 10.8. The van der Waals surface area contributed by atoms with E-state index in [9.17, 15) is 0 Å². The maximum Gasteiger partial charge on any atom is 0.131 e. The van der Waals surface area contributed by atoms with Crippen molar-refractivity contribution in [3.8, 4) is 17.2 Å². The highest BCUT2D eigenvalue weighted by atomic mass is 16.5. The number of hydrogen-bond donors (Lipinski definition) is 0. The summed E-state index contributed by atoms with van der Waals surface area (Å²) in [6, 6.07) is 11.2. The van der Waals surface area contributed by atoms with Crippen LogP contribution in [0.1, 0.15) is 40.0 Å². The van der Waals surface area contributed by atoms with E-state index in [2.05, 4.69) is 26.8 Å². The Kier molecular flexibility index (Phi) is 6.38. The molecule has 2 rings (SSSR count). The lowest BCUT2D eigenvalue weighted by molar-refractivity contribution is 0.303. The molecule has 0 unspecified atom stereocenters. The quantitative estimate of drug-likeness (QED) is 0.652. The molecular weight excluding hydrogens is 276 g/mol. The van der Waals surface area contributed by atoms with Gasteiger partial charge in [-0.1, -0.05) is 20.8 Å². The maximum atomic E-state index is 5.89. The summed E-state index contributed by atoms with van der Waals surface area (Å²) in [5.74, 6) is 2.44. The van der Waals surface area contributed by atoms with Gasteiger partial charge in [0, 0.05) is 17.5 Å². The Morgan fingerprint density at radius 2 is 1.50 bits per heavy atom. The molecule has 2 aromatic rings. The highest BCUT2D eigenvalue weighted by Gasteiger charge is 2.08. The Hall–Kier alpha value is -1.90. The molecule has 0 aliphatic carbocycles. The molecule has 1 radical (unpaired) electrons. The number of ether oxygens (including phenoxy) is 3. The summed E-state index contributed by atoms with van der Waals surface area (Å²) in [5.41, 5.74) is 0. The van der Waals surface area contributed by atoms with E-state index >= 15 is 0 Å². The van der Waals surface area contributed by atoms with Gasteiger partial charge in [-0.3, -0.25) is 0 Å². The van der Waals surface area contributed by atoms with E-state index in [1.807, 2.05) is 24.3 Å². The maximum absolute atomic E-state index is 5.89. The van der Waals surface area contributed by atoms with Crippen LogP contribution in [0.3, 0.4) is 0 Å². The number of rotatable bonds is 9. The summed E-state index contributed by atoms with van der Waals surface area (Å²) in [5, 5.41) is 2.01. The zero-order valence-electron chi connectivity index (χ0n) is 13.8. The van der Waals surface area contributed by atoms with Crippen molar-refractivity contribution in [3.05, 3.63) is 30.3 Å². The standard InChI is InChI=1S/C19H25O3/c1-4-9-20-16-8-7-15-12-17(21-10-5-2)14-19(18(15)13-16)22-11-6-3/h7-8,13-14H,4-6,9-11H2,1-3H3. The van der Waals surface area contributed by atoms with Crippen molar-refractivity contribution in [3.63, 3.8) is 0 Å². The normalized spacial score (nSPS) is 10.7. The Balaban J connectivity index is 2.36. The van der Waals surface area contributed by atoms with Gasteiger partial charge in [0.2, 0.25) is 0 Å². The smallest absolute Gasteiger partial charge is 0.131 e. The van der Waals surface area contributed by atoms with E-state index in [4.69, 9.17) is 14.2 Å². The summed E-state index contributed by atoms with van der Waals surface area (Å²) in [6.45, 7) is 8.38. The molecule has 22 heavy (non-hydrogen) atoms. The molecule has 0 fully saturated rings. The lowest BCUT2D eigenvalue weighted by atomic mass is 10.1. The Morgan fingerprint density at radius 1 is 0.818 bits per heavy atom. The van der Waals surface area contributed by atoms with Crippen LogP contribution in [0.5, 0.6) is 17.2 Å². The van der Waals surface area contributed by atoms with Gasteiger partial charge in [-0.2, -0.15) is 0 Å². The molecule has 0 aliphatic heterocycles. The molecule has 0 N–H and O–H groups in total. The van der Waals surface area contributed by atoms with Crippen LogP contribution in [-0.2, 0) is 0 Å². The molecule has 3 heteroatoms. The molecule has 0 atom stereocenters. The molecule has 0 saturated carbocycles. The van der Waals surface area contributed by atoms with E-state index in [-0.39, 0.29) is 0 Å². The molecular formula is C19H25O3. The zero-order valence-corrected chi connectivity index (χ0v) is 13.8. The highest BCUT2D eigenvalue weighted by molar-refractivity contribution is 5.90. The van der Waals surface area contributed by atoms with Gasteiger partial charge in [0.25, 0.3) is 0 Å². The summed E-state index contributed by atoms with van der Waals surface area (Å²) >= 11 is 0. The molecule has 0 bridgehead atoms. The van der Waals surface area contributed by atoms with Crippen LogP contribution in [0.25, 0.3) is 10.8 Å². The van der Waals surface area contributed by atoms with E-state index < -0.39 is 0 Å². The summed E-state index contributed by atoms with van der Waals surface area (Å²) < 4.78 is 17.3. The van der Waals surface area contributed by atoms with E-state index in [0.29, 0.717) is 13.2 Å². The summed E-state index contributed by atoms with van der Waals surface area (Å²) in [7, 11) is 0. The SMILES string of the molecule is CCCOc1[c]c2ccc(OCCC)cc2c(OCCC)c1. The first-order valence-corrected chi connectivity index (χ1v) is 8.17. The molecule has 0 aliphatic rings.